The summed E-state index contributed by atoms with van der Waals surface area (Å²) in [6.07, 6.45) is 4.56. The van der Waals surface area contributed by atoms with E-state index in [4.69, 9.17) is 0 Å². The second-order valence-corrected chi connectivity index (χ2v) is 6.67. The fourth-order valence-electron chi connectivity index (χ4n) is 3.06. The molecule has 1 fully saturated rings. The Morgan fingerprint density at radius 3 is 2.75 bits per heavy atom. The first-order valence-electron chi connectivity index (χ1n) is 7.25. The summed E-state index contributed by atoms with van der Waals surface area (Å²) in [6, 6.07) is 4.76. The minimum atomic E-state index is -0.401. The van der Waals surface area contributed by atoms with E-state index >= 15 is 0 Å². The lowest BCUT2D eigenvalue weighted by Crippen LogP contribution is -2.44. The number of hydrogen-bond donors (Lipinski definition) is 1. The monoisotopic (exact) mass is 341 g/mol. The number of benzene rings is 1. The van der Waals surface area contributed by atoms with Crippen LogP contribution in [0.1, 0.15) is 49.9 Å². The summed E-state index contributed by atoms with van der Waals surface area (Å²) in [5.41, 5.74) is 0.373. The highest BCUT2D eigenvalue weighted by atomic mass is 79.9. The average Bonchev–Trinajstić information content (AvgIpc) is 2.42. The minimum absolute atomic E-state index is 0.186. The molecule has 1 amide bonds. The highest BCUT2D eigenvalue weighted by Crippen LogP contribution is 2.30. The van der Waals surface area contributed by atoms with E-state index in [1.54, 1.807) is 12.1 Å². The molecule has 1 aliphatic carbocycles. The summed E-state index contributed by atoms with van der Waals surface area (Å²) >= 11 is 3.15. The maximum absolute atomic E-state index is 13.5. The van der Waals surface area contributed by atoms with Crippen LogP contribution in [0.15, 0.2) is 22.7 Å². The van der Waals surface area contributed by atoms with Gasteiger partial charge in [0.2, 0.25) is 0 Å². The van der Waals surface area contributed by atoms with Crippen molar-refractivity contribution in [3.05, 3.63) is 34.1 Å². The standard InChI is InChI=1S/C16H21BrFNO/c1-10(2)11-6-3-4-9-14(11)19-16(20)12-7-5-8-13(18)15(12)17/h5,7-8,10-11,14H,3-4,6,9H2,1-2H3,(H,19,20). The summed E-state index contributed by atoms with van der Waals surface area (Å²) in [7, 11) is 0. The maximum atomic E-state index is 13.5. The van der Waals surface area contributed by atoms with Crippen LogP contribution in [0.5, 0.6) is 0 Å². The predicted octanol–water partition coefficient (Wildman–Crippen LogP) is 4.53. The van der Waals surface area contributed by atoms with Crippen molar-refractivity contribution in [3.63, 3.8) is 0 Å². The summed E-state index contributed by atoms with van der Waals surface area (Å²) in [4.78, 5) is 12.3. The number of carbonyl (C=O) groups is 1. The molecule has 110 valence electrons. The van der Waals surface area contributed by atoms with Crippen LogP contribution >= 0.6 is 15.9 Å². The molecular formula is C16H21BrFNO. The third-order valence-electron chi connectivity index (χ3n) is 4.19. The molecule has 0 aromatic heterocycles. The molecule has 0 aliphatic heterocycles. The molecule has 0 saturated heterocycles. The van der Waals surface area contributed by atoms with Crippen molar-refractivity contribution in [1.29, 1.82) is 0 Å². The van der Waals surface area contributed by atoms with E-state index in [9.17, 15) is 9.18 Å². The normalized spacial score (nSPS) is 22.9. The summed E-state index contributed by atoms with van der Waals surface area (Å²) in [6.45, 7) is 4.40. The van der Waals surface area contributed by atoms with Gasteiger partial charge in [0.1, 0.15) is 5.82 Å². The quantitative estimate of drug-likeness (QED) is 0.859. The van der Waals surface area contributed by atoms with Gasteiger partial charge in [0, 0.05) is 6.04 Å². The van der Waals surface area contributed by atoms with Crippen molar-refractivity contribution in [3.8, 4) is 0 Å². The van der Waals surface area contributed by atoms with Crippen LogP contribution in [-0.2, 0) is 0 Å². The first kappa shape index (κ1) is 15.5. The highest BCUT2D eigenvalue weighted by molar-refractivity contribution is 9.10. The van der Waals surface area contributed by atoms with Crippen LogP contribution in [0.4, 0.5) is 4.39 Å². The van der Waals surface area contributed by atoms with Gasteiger partial charge in [0.15, 0.2) is 0 Å². The fraction of sp³-hybridized carbons (Fsp3) is 0.562. The van der Waals surface area contributed by atoms with Gasteiger partial charge in [-0.15, -0.1) is 0 Å². The third kappa shape index (κ3) is 3.40. The van der Waals surface area contributed by atoms with Gasteiger partial charge in [-0.05, 0) is 52.7 Å². The molecule has 2 nitrogen and oxygen atoms in total. The van der Waals surface area contributed by atoms with Crippen LogP contribution in [0, 0.1) is 17.7 Å². The molecule has 1 saturated carbocycles. The molecule has 1 aliphatic rings. The van der Waals surface area contributed by atoms with Crippen molar-refractivity contribution in [2.24, 2.45) is 11.8 Å². The Morgan fingerprint density at radius 2 is 2.05 bits per heavy atom. The van der Waals surface area contributed by atoms with Gasteiger partial charge < -0.3 is 5.32 Å². The smallest absolute Gasteiger partial charge is 0.252 e. The number of rotatable bonds is 3. The molecule has 4 heteroatoms. The average molecular weight is 342 g/mol. The zero-order valence-corrected chi connectivity index (χ0v) is 13.5. The van der Waals surface area contributed by atoms with Crippen LogP contribution in [0.3, 0.4) is 0 Å². The number of halogens is 2. The predicted molar refractivity (Wildman–Crippen MR) is 82.2 cm³/mol. The van der Waals surface area contributed by atoms with Crippen molar-refractivity contribution in [2.45, 2.75) is 45.6 Å². The van der Waals surface area contributed by atoms with Gasteiger partial charge >= 0.3 is 0 Å². The summed E-state index contributed by atoms with van der Waals surface area (Å²) < 4.78 is 13.7. The van der Waals surface area contributed by atoms with E-state index < -0.39 is 5.82 Å². The Bertz CT molecular complexity index is 489. The van der Waals surface area contributed by atoms with E-state index in [1.807, 2.05) is 0 Å². The van der Waals surface area contributed by atoms with Crippen LogP contribution < -0.4 is 5.32 Å². The SMILES string of the molecule is CC(C)C1CCCCC1NC(=O)c1cccc(F)c1Br. The van der Waals surface area contributed by atoms with Gasteiger partial charge in [0.25, 0.3) is 5.91 Å². The largest absolute Gasteiger partial charge is 0.349 e. The Labute approximate surface area is 128 Å². The zero-order chi connectivity index (χ0) is 14.7. The Kier molecular flexibility index (Phi) is 5.19. The van der Waals surface area contributed by atoms with E-state index in [1.165, 1.54) is 12.5 Å². The number of carbonyl (C=O) groups excluding carboxylic acids is 1. The van der Waals surface area contributed by atoms with E-state index in [0.29, 0.717) is 17.4 Å². The molecule has 1 aromatic rings. The molecule has 2 rings (SSSR count). The van der Waals surface area contributed by atoms with E-state index in [-0.39, 0.29) is 16.4 Å². The molecule has 1 aromatic carbocycles. The van der Waals surface area contributed by atoms with Crippen molar-refractivity contribution < 1.29 is 9.18 Å². The Hall–Kier alpha value is -0.900. The van der Waals surface area contributed by atoms with E-state index in [0.717, 1.165) is 19.3 Å². The molecular weight excluding hydrogens is 321 g/mol. The second kappa shape index (κ2) is 6.70. The second-order valence-electron chi connectivity index (χ2n) is 5.87. The lowest BCUT2D eigenvalue weighted by molar-refractivity contribution is 0.0888. The number of amides is 1. The number of hydrogen-bond acceptors (Lipinski definition) is 1. The molecule has 20 heavy (non-hydrogen) atoms. The molecule has 2 unspecified atom stereocenters. The Morgan fingerprint density at radius 1 is 1.35 bits per heavy atom. The van der Waals surface area contributed by atoms with Crippen molar-refractivity contribution >= 4 is 21.8 Å². The number of nitrogens with one attached hydrogen (secondary N) is 1. The Balaban J connectivity index is 2.12. The van der Waals surface area contributed by atoms with Gasteiger partial charge in [-0.2, -0.15) is 0 Å². The summed E-state index contributed by atoms with van der Waals surface area (Å²) in [5, 5.41) is 3.10. The first-order chi connectivity index (χ1) is 9.50. The van der Waals surface area contributed by atoms with Gasteiger partial charge in [-0.25, -0.2) is 4.39 Å². The molecule has 0 radical (unpaired) electrons. The van der Waals surface area contributed by atoms with Crippen molar-refractivity contribution in [1.82, 2.24) is 5.32 Å². The van der Waals surface area contributed by atoms with Gasteiger partial charge in [-0.1, -0.05) is 32.8 Å². The first-order valence-corrected chi connectivity index (χ1v) is 8.05. The molecule has 0 bridgehead atoms. The van der Waals surface area contributed by atoms with Crippen LogP contribution in [0.2, 0.25) is 0 Å². The maximum Gasteiger partial charge on any atom is 0.252 e. The van der Waals surface area contributed by atoms with Gasteiger partial charge in [-0.3, -0.25) is 4.79 Å². The summed E-state index contributed by atoms with van der Waals surface area (Å²) in [5.74, 6) is 0.479. The lowest BCUT2D eigenvalue weighted by Gasteiger charge is -2.35. The molecule has 1 N–H and O–H groups in total. The lowest BCUT2D eigenvalue weighted by atomic mass is 9.78. The molecule has 0 spiro atoms. The minimum Gasteiger partial charge on any atom is -0.349 e. The molecule has 0 heterocycles. The van der Waals surface area contributed by atoms with E-state index in [2.05, 4.69) is 35.1 Å². The third-order valence-corrected chi connectivity index (χ3v) is 4.99. The molecule has 2 atom stereocenters. The topological polar surface area (TPSA) is 29.1 Å². The zero-order valence-electron chi connectivity index (χ0n) is 12.0. The van der Waals surface area contributed by atoms with Crippen LogP contribution in [0.25, 0.3) is 0 Å². The fourth-order valence-corrected chi connectivity index (χ4v) is 3.51. The van der Waals surface area contributed by atoms with Crippen molar-refractivity contribution in [2.75, 3.05) is 0 Å². The van der Waals surface area contributed by atoms with Crippen LogP contribution in [-0.4, -0.2) is 11.9 Å². The van der Waals surface area contributed by atoms with Gasteiger partial charge in [0.05, 0.1) is 10.0 Å². The highest BCUT2D eigenvalue weighted by Gasteiger charge is 2.29.